The molecule has 1 fully saturated rings. The Morgan fingerprint density at radius 1 is 1.50 bits per heavy atom. The first-order chi connectivity index (χ1) is 8.17. The lowest BCUT2D eigenvalue weighted by atomic mass is 10.2. The minimum Gasteiger partial charge on any atom is -0.550 e. The number of esters is 1. The van der Waals surface area contributed by atoms with Crippen LogP contribution in [0.4, 0.5) is 0 Å². The van der Waals surface area contributed by atoms with Crippen LogP contribution in [0.2, 0.25) is 0 Å². The van der Waals surface area contributed by atoms with Crippen LogP contribution >= 0.6 is 0 Å². The molecule has 0 aliphatic heterocycles. The van der Waals surface area contributed by atoms with Crippen LogP contribution in [-0.4, -0.2) is 50.2 Å². The second-order valence-electron chi connectivity index (χ2n) is 5.92. The zero-order valence-corrected chi connectivity index (χ0v) is 11.3. The highest BCUT2D eigenvalue weighted by molar-refractivity contribution is 5.72. The average molecular weight is 255 g/mol. The van der Waals surface area contributed by atoms with Crippen molar-refractivity contribution < 1.29 is 23.9 Å². The first kappa shape index (κ1) is 14.7. The van der Waals surface area contributed by atoms with E-state index < -0.39 is 12.1 Å². The molecule has 0 N–H and O–H groups in total. The van der Waals surface area contributed by atoms with E-state index in [-0.39, 0.29) is 18.3 Å². The zero-order valence-electron chi connectivity index (χ0n) is 11.3. The summed E-state index contributed by atoms with van der Waals surface area (Å²) >= 11 is 0. The average Bonchev–Trinajstić information content (AvgIpc) is 2.75. The molecule has 0 aromatic carbocycles. The fourth-order valence-electron chi connectivity index (χ4n) is 1.85. The largest absolute Gasteiger partial charge is 0.550 e. The first-order valence-corrected chi connectivity index (χ1v) is 6.05. The number of ether oxygens (including phenoxy) is 1. The van der Waals surface area contributed by atoms with Crippen molar-refractivity contribution in [2.24, 2.45) is 5.92 Å². The van der Waals surface area contributed by atoms with Gasteiger partial charge in [-0.05, 0) is 12.3 Å². The molecule has 0 aromatic rings. The summed E-state index contributed by atoms with van der Waals surface area (Å²) < 4.78 is 5.75. The number of carbonyl (C=O) groups excluding carboxylic acids is 2. The number of hydrogen-bond acceptors (Lipinski definition) is 4. The second kappa shape index (κ2) is 5.52. The number of allylic oxidation sites excluding steroid dienone is 1. The molecule has 18 heavy (non-hydrogen) atoms. The maximum absolute atomic E-state index is 11.6. The van der Waals surface area contributed by atoms with Crippen LogP contribution in [0.1, 0.15) is 19.3 Å². The van der Waals surface area contributed by atoms with Crippen molar-refractivity contribution in [2.45, 2.75) is 25.4 Å². The Bertz CT molecular complexity index is 356. The quantitative estimate of drug-likeness (QED) is 0.356. The van der Waals surface area contributed by atoms with E-state index in [0.29, 0.717) is 17.4 Å². The predicted octanol–water partition coefficient (Wildman–Crippen LogP) is -0.289. The van der Waals surface area contributed by atoms with Crippen LogP contribution in [0.25, 0.3) is 0 Å². The Kier molecular flexibility index (Phi) is 4.51. The second-order valence-corrected chi connectivity index (χ2v) is 5.92. The number of hydrogen-bond donors (Lipinski definition) is 0. The number of carboxylic acids is 1. The molecule has 1 saturated carbocycles. The van der Waals surface area contributed by atoms with Crippen molar-refractivity contribution >= 4 is 11.9 Å². The van der Waals surface area contributed by atoms with Crippen LogP contribution in [0.3, 0.4) is 0 Å². The van der Waals surface area contributed by atoms with Gasteiger partial charge in [0.1, 0.15) is 6.54 Å². The summed E-state index contributed by atoms with van der Waals surface area (Å²) in [6.07, 6.45) is 0.289. The molecular formula is C13H21NO4. The molecule has 0 spiro atoms. The molecule has 1 rings (SSSR count). The molecule has 1 aliphatic carbocycles. The van der Waals surface area contributed by atoms with Gasteiger partial charge in [0, 0.05) is 12.4 Å². The Morgan fingerprint density at radius 2 is 2.06 bits per heavy atom. The highest BCUT2D eigenvalue weighted by atomic mass is 16.5. The molecule has 0 aromatic heterocycles. The third-order valence-corrected chi connectivity index (χ3v) is 2.78. The van der Waals surface area contributed by atoms with Crippen LogP contribution in [-0.2, 0) is 14.3 Å². The number of rotatable bonds is 7. The van der Waals surface area contributed by atoms with Crippen molar-refractivity contribution in [3.8, 4) is 0 Å². The SMILES string of the molecule is C=C1CC1CC(=O)O[C@H](CC(=O)[O-])C[N+](C)(C)C. The van der Waals surface area contributed by atoms with Gasteiger partial charge in [-0.25, -0.2) is 0 Å². The van der Waals surface area contributed by atoms with Crippen LogP contribution in [0.5, 0.6) is 0 Å². The summed E-state index contributed by atoms with van der Waals surface area (Å²) in [6.45, 7) is 4.22. The summed E-state index contributed by atoms with van der Waals surface area (Å²) in [5.41, 5.74) is 1.06. The molecule has 1 unspecified atom stereocenters. The van der Waals surface area contributed by atoms with Crippen LogP contribution in [0, 0.1) is 5.92 Å². The highest BCUT2D eigenvalue weighted by Gasteiger charge is 2.31. The van der Waals surface area contributed by atoms with E-state index in [4.69, 9.17) is 4.74 Å². The number of carbonyl (C=O) groups is 2. The number of nitrogens with zero attached hydrogens (tertiary/aromatic N) is 1. The van der Waals surface area contributed by atoms with Gasteiger partial charge in [-0.15, -0.1) is 0 Å². The third-order valence-electron chi connectivity index (χ3n) is 2.78. The molecule has 5 heteroatoms. The molecule has 1 aliphatic rings. The van der Waals surface area contributed by atoms with Crippen LogP contribution < -0.4 is 5.11 Å². The topological polar surface area (TPSA) is 66.4 Å². The summed E-state index contributed by atoms with van der Waals surface area (Å²) in [7, 11) is 5.75. The van der Waals surface area contributed by atoms with Gasteiger partial charge in [-0.2, -0.15) is 0 Å². The van der Waals surface area contributed by atoms with E-state index in [1.54, 1.807) is 0 Å². The number of carboxylic acid groups (broad SMARTS) is 1. The van der Waals surface area contributed by atoms with Crippen molar-refractivity contribution in [1.82, 2.24) is 0 Å². The maximum atomic E-state index is 11.6. The van der Waals surface area contributed by atoms with Crippen molar-refractivity contribution in [1.29, 1.82) is 0 Å². The number of quaternary nitrogens is 1. The van der Waals surface area contributed by atoms with E-state index in [9.17, 15) is 14.7 Å². The summed E-state index contributed by atoms with van der Waals surface area (Å²) in [4.78, 5) is 22.3. The minimum absolute atomic E-state index is 0.227. The Morgan fingerprint density at radius 3 is 2.44 bits per heavy atom. The lowest BCUT2D eigenvalue weighted by Crippen LogP contribution is -2.45. The fourth-order valence-corrected chi connectivity index (χ4v) is 1.85. The molecule has 0 heterocycles. The smallest absolute Gasteiger partial charge is 0.306 e. The molecular weight excluding hydrogens is 234 g/mol. The Hall–Kier alpha value is -1.36. The van der Waals surface area contributed by atoms with E-state index >= 15 is 0 Å². The number of aliphatic carboxylic acids is 1. The molecule has 0 saturated heterocycles. The minimum atomic E-state index is -1.20. The molecule has 0 radical (unpaired) electrons. The normalized spacial score (nSPS) is 20.4. The molecule has 0 bridgehead atoms. The Labute approximate surface area is 108 Å². The van der Waals surface area contributed by atoms with Crippen molar-refractivity contribution in [3.63, 3.8) is 0 Å². The highest BCUT2D eigenvalue weighted by Crippen LogP contribution is 2.38. The molecule has 0 amide bonds. The molecule has 2 atom stereocenters. The molecule has 5 nitrogen and oxygen atoms in total. The van der Waals surface area contributed by atoms with Gasteiger partial charge in [0.15, 0.2) is 6.10 Å². The van der Waals surface area contributed by atoms with Crippen molar-refractivity contribution in [3.05, 3.63) is 12.2 Å². The van der Waals surface area contributed by atoms with Gasteiger partial charge in [0.25, 0.3) is 0 Å². The summed E-state index contributed by atoms with van der Waals surface area (Å²) in [5.74, 6) is -1.32. The standard InChI is InChI=1S/C13H21NO4/c1-9-5-10(9)6-13(17)18-11(7-12(15)16)8-14(2,3)4/h10-11H,1,5-8H2,2-4H3/t10?,11-/m1/s1. The zero-order chi connectivity index (χ0) is 13.9. The lowest BCUT2D eigenvalue weighted by Gasteiger charge is -2.29. The summed E-state index contributed by atoms with van der Waals surface area (Å²) in [6, 6.07) is 0. The van der Waals surface area contributed by atoms with Gasteiger partial charge in [0.05, 0.1) is 27.6 Å². The van der Waals surface area contributed by atoms with Gasteiger partial charge < -0.3 is 19.1 Å². The van der Waals surface area contributed by atoms with Crippen molar-refractivity contribution in [2.75, 3.05) is 27.7 Å². The predicted molar refractivity (Wildman–Crippen MR) is 64.3 cm³/mol. The van der Waals surface area contributed by atoms with Gasteiger partial charge in [-0.3, -0.25) is 4.79 Å². The molecule has 102 valence electrons. The van der Waals surface area contributed by atoms with Gasteiger partial charge in [0.2, 0.25) is 0 Å². The van der Waals surface area contributed by atoms with E-state index in [0.717, 1.165) is 12.0 Å². The van der Waals surface area contributed by atoms with E-state index in [1.165, 1.54) is 0 Å². The van der Waals surface area contributed by atoms with Gasteiger partial charge >= 0.3 is 5.97 Å². The Balaban J connectivity index is 2.46. The van der Waals surface area contributed by atoms with Crippen LogP contribution in [0.15, 0.2) is 12.2 Å². The van der Waals surface area contributed by atoms with E-state index in [1.807, 2.05) is 21.1 Å². The number of likely N-dealkylation sites (N-methyl/N-ethyl adjacent to an activating group) is 1. The maximum Gasteiger partial charge on any atom is 0.306 e. The third kappa shape index (κ3) is 5.82. The van der Waals surface area contributed by atoms with E-state index in [2.05, 4.69) is 6.58 Å². The lowest BCUT2D eigenvalue weighted by molar-refractivity contribution is -0.873. The fraction of sp³-hybridized carbons (Fsp3) is 0.692. The summed E-state index contributed by atoms with van der Waals surface area (Å²) in [5, 5.41) is 10.6. The first-order valence-electron chi connectivity index (χ1n) is 6.05. The monoisotopic (exact) mass is 255 g/mol. The van der Waals surface area contributed by atoms with Gasteiger partial charge in [-0.1, -0.05) is 12.2 Å².